The zero-order valence-electron chi connectivity index (χ0n) is 12.5. The second kappa shape index (κ2) is 8.48. The molecule has 0 aliphatic heterocycles. The molecule has 0 spiro atoms. The van der Waals surface area contributed by atoms with Gasteiger partial charge in [-0.2, -0.15) is 0 Å². The first-order chi connectivity index (χ1) is 8.30. The van der Waals surface area contributed by atoms with Gasteiger partial charge in [0.15, 0.2) is 0 Å². The van der Waals surface area contributed by atoms with E-state index >= 15 is 0 Å². The number of rotatable bonds is 8. The van der Waals surface area contributed by atoms with Gasteiger partial charge in [0.25, 0.3) is 0 Å². The van der Waals surface area contributed by atoms with Crippen LogP contribution in [-0.2, 0) is 9.53 Å². The summed E-state index contributed by atoms with van der Waals surface area (Å²) in [6.07, 6.45) is 3.05. The van der Waals surface area contributed by atoms with Gasteiger partial charge in [-0.3, -0.25) is 4.79 Å². The number of hydrogen-bond acceptors (Lipinski definition) is 4. The molecule has 0 aliphatic rings. The minimum Gasteiger partial charge on any atom is -0.468 e. The number of ether oxygens (including phenoxy) is 1. The number of aliphatic hydroxyl groups excluding tert-OH is 1. The molecule has 0 saturated carbocycles. The molecule has 0 aromatic carbocycles. The minimum absolute atomic E-state index is 0.0886. The van der Waals surface area contributed by atoms with E-state index in [0.717, 1.165) is 19.3 Å². The topological polar surface area (TPSA) is 58.6 Å². The van der Waals surface area contributed by atoms with Gasteiger partial charge in [-0.05, 0) is 18.3 Å². The van der Waals surface area contributed by atoms with Gasteiger partial charge in [0.05, 0.1) is 13.2 Å². The van der Waals surface area contributed by atoms with Gasteiger partial charge >= 0.3 is 5.97 Å². The van der Waals surface area contributed by atoms with Crippen molar-refractivity contribution < 1.29 is 14.6 Å². The summed E-state index contributed by atoms with van der Waals surface area (Å²) in [4.78, 5) is 11.5. The van der Waals surface area contributed by atoms with Crippen molar-refractivity contribution in [1.29, 1.82) is 0 Å². The molecule has 4 nitrogen and oxygen atoms in total. The lowest BCUT2D eigenvalue weighted by Crippen LogP contribution is -2.42. The van der Waals surface area contributed by atoms with E-state index < -0.39 is 6.10 Å². The lowest BCUT2D eigenvalue weighted by molar-refractivity contribution is -0.143. The Balaban J connectivity index is 4.12. The molecule has 0 fully saturated rings. The number of unbranched alkanes of at least 4 members (excludes halogenated alkanes) is 1. The largest absolute Gasteiger partial charge is 0.468 e. The van der Waals surface area contributed by atoms with E-state index in [2.05, 4.69) is 33.0 Å². The average Bonchev–Trinajstić information content (AvgIpc) is 2.26. The van der Waals surface area contributed by atoms with Crippen LogP contribution in [0.15, 0.2) is 0 Å². The van der Waals surface area contributed by atoms with Gasteiger partial charge in [0.1, 0.15) is 6.04 Å². The Morgan fingerprint density at radius 2 is 2.00 bits per heavy atom. The van der Waals surface area contributed by atoms with Gasteiger partial charge in [-0.1, -0.05) is 40.5 Å². The van der Waals surface area contributed by atoms with Crippen LogP contribution in [0.1, 0.15) is 53.4 Å². The Kier molecular flexibility index (Phi) is 8.20. The van der Waals surface area contributed by atoms with Crippen molar-refractivity contribution in [3.8, 4) is 0 Å². The highest BCUT2D eigenvalue weighted by Gasteiger charge is 2.21. The van der Waals surface area contributed by atoms with Crippen molar-refractivity contribution in [2.24, 2.45) is 5.41 Å². The molecule has 0 aromatic rings. The van der Waals surface area contributed by atoms with E-state index in [0.29, 0.717) is 13.0 Å². The van der Waals surface area contributed by atoms with E-state index in [9.17, 15) is 9.90 Å². The molecular weight excluding hydrogens is 230 g/mol. The van der Waals surface area contributed by atoms with E-state index in [-0.39, 0.29) is 17.4 Å². The molecule has 4 heteroatoms. The molecule has 0 amide bonds. The normalized spacial score (nSPS) is 15.2. The first-order valence-electron chi connectivity index (χ1n) is 6.79. The zero-order valence-corrected chi connectivity index (χ0v) is 12.5. The van der Waals surface area contributed by atoms with Crippen molar-refractivity contribution in [3.63, 3.8) is 0 Å². The fraction of sp³-hybridized carbons (Fsp3) is 0.929. The number of carbonyl (C=O) groups is 1. The summed E-state index contributed by atoms with van der Waals surface area (Å²) in [5.74, 6) is -0.244. The lowest BCUT2D eigenvalue weighted by atomic mass is 9.89. The summed E-state index contributed by atoms with van der Waals surface area (Å²) in [6, 6.07) is -0.301. The summed E-state index contributed by atoms with van der Waals surface area (Å²) in [5.41, 5.74) is 0.0886. The molecule has 0 bridgehead atoms. The third-order valence-electron chi connectivity index (χ3n) is 2.78. The zero-order chi connectivity index (χ0) is 14.2. The van der Waals surface area contributed by atoms with E-state index in [1.807, 2.05) is 0 Å². The van der Waals surface area contributed by atoms with Crippen LogP contribution in [0.25, 0.3) is 0 Å². The van der Waals surface area contributed by atoms with E-state index in [4.69, 9.17) is 4.74 Å². The Labute approximate surface area is 111 Å². The molecule has 0 rings (SSSR count). The van der Waals surface area contributed by atoms with E-state index in [1.54, 1.807) is 0 Å². The number of carbonyl (C=O) groups excluding carboxylic acids is 1. The molecule has 0 heterocycles. The van der Waals surface area contributed by atoms with Crippen LogP contribution < -0.4 is 5.32 Å². The minimum atomic E-state index is -0.432. The smallest absolute Gasteiger partial charge is 0.322 e. The van der Waals surface area contributed by atoms with Crippen LogP contribution in [0.2, 0.25) is 0 Å². The predicted molar refractivity (Wildman–Crippen MR) is 73.4 cm³/mol. The number of hydrogen-bond donors (Lipinski definition) is 2. The second-order valence-corrected chi connectivity index (χ2v) is 6.04. The Morgan fingerprint density at radius 1 is 1.39 bits per heavy atom. The molecule has 0 aromatic heterocycles. The first kappa shape index (κ1) is 17.4. The molecule has 0 aliphatic carbocycles. The fourth-order valence-electron chi connectivity index (χ4n) is 1.91. The molecule has 18 heavy (non-hydrogen) atoms. The van der Waals surface area contributed by atoms with Crippen LogP contribution in [0.5, 0.6) is 0 Å². The fourth-order valence-corrected chi connectivity index (χ4v) is 1.91. The van der Waals surface area contributed by atoms with Crippen LogP contribution in [-0.4, -0.2) is 36.9 Å². The molecule has 0 radical (unpaired) electrons. The summed E-state index contributed by atoms with van der Waals surface area (Å²) in [7, 11) is 1.40. The first-order valence-corrected chi connectivity index (χ1v) is 6.79. The van der Waals surface area contributed by atoms with Gasteiger partial charge in [-0.25, -0.2) is 0 Å². The highest BCUT2D eigenvalue weighted by molar-refractivity contribution is 5.75. The maximum absolute atomic E-state index is 11.5. The molecular formula is C14H29NO3. The number of aliphatic hydroxyl groups is 1. The van der Waals surface area contributed by atoms with Crippen molar-refractivity contribution in [3.05, 3.63) is 0 Å². The monoisotopic (exact) mass is 259 g/mol. The Hall–Kier alpha value is -0.610. The standard InChI is InChI=1S/C14H29NO3/c1-6-7-8-12(13(17)18-5)15-10-11(16)9-14(2,3)4/h11-12,15-16H,6-10H2,1-5H3. The van der Waals surface area contributed by atoms with E-state index in [1.165, 1.54) is 7.11 Å². The van der Waals surface area contributed by atoms with Crippen molar-refractivity contribution in [2.45, 2.75) is 65.5 Å². The van der Waals surface area contributed by atoms with Crippen LogP contribution in [0, 0.1) is 5.41 Å². The highest BCUT2D eigenvalue weighted by atomic mass is 16.5. The number of esters is 1. The molecule has 2 N–H and O–H groups in total. The molecule has 2 atom stereocenters. The van der Waals surface area contributed by atoms with Gasteiger partial charge in [-0.15, -0.1) is 0 Å². The van der Waals surface area contributed by atoms with Crippen LogP contribution >= 0.6 is 0 Å². The molecule has 0 saturated heterocycles. The Bertz CT molecular complexity index is 236. The van der Waals surface area contributed by atoms with Crippen LogP contribution in [0.3, 0.4) is 0 Å². The van der Waals surface area contributed by atoms with Crippen molar-refractivity contribution in [2.75, 3.05) is 13.7 Å². The Morgan fingerprint density at radius 3 is 2.44 bits per heavy atom. The average molecular weight is 259 g/mol. The number of methoxy groups -OCH3 is 1. The third kappa shape index (κ3) is 8.48. The number of nitrogens with one attached hydrogen (secondary N) is 1. The second-order valence-electron chi connectivity index (χ2n) is 6.04. The van der Waals surface area contributed by atoms with Crippen LogP contribution in [0.4, 0.5) is 0 Å². The van der Waals surface area contributed by atoms with Gasteiger partial charge in [0, 0.05) is 6.54 Å². The van der Waals surface area contributed by atoms with Crippen molar-refractivity contribution >= 4 is 5.97 Å². The summed E-state index contributed by atoms with van der Waals surface area (Å²) in [5, 5.41) is 13.0. The highest BCUT2D eigenvalue weighted by Crippen LogP contribution is 2.20. The maximum Gasteiger partial charge on any atom is 0.322 e. The van der Waals surface area contributed by atoms with Gasteiger partial charge in [0.2, 0.25) is 0 Å². The SMILES string of the molecule is CCCCC(NCC(O)CC(C)(C)C)C(=O)OC. The summed E-state index contributed by atoms with van der Waals surface area (Å²) >= 11 is 0. The maximum atomic E-state index is 11.5. The lowest BCUT2D eigenvalue weighted by Gasteiger charge is -2.24. The summed E-state index contributed by atoms with van der Waals surface area (Å²) in [6.45, 7) is 8.78. The predicted octanol–water partition coefficient (Wildman–Crippen LogP) is 2.10. The van der Waals surface area contributed by atoms with Gasteiger partial charge < -0.3 is 15.2 Å². The third-order valence-corrected chi connectivity index (χ3v) is 2.78. The van der Waals surface area contributed by atoms with Crippen molar-refractivity contribution in [1.82, 2.24) is 5.32 Å². The quantitative estimate of drug-likeness (QED) is 0.655. The molecule has 2 unspecified atom stereocenters. The summed E-state index contributed by atoms with van der Waals surface area (Å²) < 4.78 is 4.76. The molecule has 108 valence electrons.